The molecule has 1 aliphatic rings. The highest BCUT2D eigenvalue weighted by Crippen LogP contribution is 2.19. The summed E-state index contributed by atoms with van der Waals surface area (Å²) in [6.45, 7) is 3.47. The SMILES string of the molecule is CC1CC(=O)N(Cc2cccc(C=CC(=O)O)c2)C1. The number of nitrogens with zero attached hydrogens (tertiary/aromatic N) is 1. The van der Waals surface area contributed by atoms with Gasteiger partial charge >= 0.3 is 5.97 Å². The van der Waals surface area contributed by atoms with Crippen molar-refractivity contribution in [3.63, 3.8) is 0 Å². The Hall–Kier alpha value is -2.10. The third kappa shape index (κ3) is 3.68. The van der Waals surface area contributed by atoms with Crippen molar-refractivity contribution in [2.45, 2.75) is 19.9 Å². The summed E-state index contributed by atoms with van der Waals surface area (Å²) in [6.07, 6.45) is 3.29. The highest BCUT2D eigenvalue weighted by Gasteiger charge is 2.26. The van der Waals surface area contributed by atoms with Crippen LogP contribution in [0.4, 0.5) is 0 Å². The molecular formula is C15H17NO3. The number of hydrogen-bond acceptors (Lipinski definition) is 2. The van der Waals surface area contributed by atoms with E-state index in [1.54, 1.807) is 6.08 Å². The van der Waals surface area contributed by atoms with Gasteiger partial charge in [0.15, 0.2) is 0 Å². The quantitative estimate of drug-likeness (QED) is 0.843. The zero-order valence-corrected chi connectivity index (χ0v) is 10.9. The summed E-state index contributed by atoms with van der Waals surface area (Å²) >= 11 is 0. The summed E-state index contributed by atoms with van der Waals surface area (Å²) in [5.41, 5.74) is 1.86. The maximum Gasteiger partial charge on any atom is 0.328 e. The topological polar surface area (TPSA) is 57.6 Å². The van der Waals surface area contributed by atoms with Crippen molar-refractivity contribution < 1.29 is 14.7 Å². The Morgan fingerprint density at radius 2 is 2.32 bits per heavy atom. The van der Waals surface area contributed by atoms with Crippen molar-refractivity contribution in [1.82, 2.24) is 4.90 Å². The van der Waals surface area contributed by atoms with Crippen LogP contribution in [-0.4, -0.2) is 28.4 Å². The van der Waals surface area contributed by atoms with Crippen LogP contribution < -0.4 is 0 Å². The first-order valence-electron chi connectivity index (χ1n) is 6.32. The largest absolute Gasteiger partial charge is 0.478 e. The van der Waals surface area contributed by atoms with Crippen LogP contribution in [0, 0.1) is 5.92 Å². The van der Waals surface area contributed by atoms with Gasteiger partial charge in [-0.15, -0.1) is 0 Å². The molecule has 1 N–H and O–H groups in total. The number of carbonyl (C=O) groups is 2. The Kier molecular flexibility index (Phi) is 4.00. The molecule has 1 fully saturated rings. The summed E-state index contributed by atoms with van der Waals surface area (Å²) in [7, 11) is 0. The van der Waals surface area contributed by atoms with Crippen LogP contribution in [0.1, 0.15) is 24.5 Å². The molecule has 1 amide bonds. The van der Waals surface area contributed by atoms with Crippen LogP contribution in [0.2, 0.25) is 0 Å². The van der Waals surface area contributed by atoms with Crippen LogP contribution in [0.3, 0.4) is 0 Å². The van der Waals surface area contributed by atoms with E-state index in [0.717, 1.165) is 23.7 Å². The fourth-order valence-corrected chi connectivity index (χ4v) is 2.31. The monoisotopic (exact) mass is 259 g/mol. The van der Waals surface area contributed by atoms with E-state index >= 15 is 0 Å². The van der Waals surface area contributed by atoms with Crippen molar-refractivity contribution in [1.29, 1.82) is 0 Å². The molecule has 0 radical (unpaired) electrons. The van der Waals surface area contributed by atoms with E-state index in [1.807, 2.05) is 29.2 Å². The van der Waals surface area contributed by atoms with E-state index in [0.29, 0.717) is 18.9 Å². The Balaban J connectivity index is 2.07. The van der Waals surface area contributed by atoms with Crippen LogP contribution in [-0.2, 0) is 16.1 Å². The minimum atomic E-state index is -0.964. The van der Waals surface area contributed by atoms with Gasteiger partial charge in [0.2, 0.25) is 5.91 Å². The molecule has 0 spiro atoms. The van der Waals surface area contributed by atoms with Crippen LogP contribution >= 0.6 is 0 Å². The van der Waals surface area contributed by atoms with Gasteiger partial charge in [-0.25, -0.2) is 4.79 Å². The molecule has 4 nitrogen and oxygen atoms in total. The second kappa shape index (κ2) is 5.69. The summed E-state index contributed by atoms with van der Waals surface area (Å²) in [4.78, 5) is 24.1. The summed E-state index contributed by atoms with van der Waals surface area (Å²) < 4.78 is 0. The Labute approximate surface area is 112 Å². The van der Waals surface area contributed by atoms with Gasteiger partial charge in [-0.2, -0.15) is 0 Å². The highest BCUT2D eigenvalue weighted by atomic mass is 16.4. The maximum absolute atomic E-state index is 11.7. The number of hydrogen-bond donors (Lipinski definition) is 1. The average molecular weight is 259 g/mol. The van der Waals surface area contributed by atoms with Crippen LogP contribution in [0.15, 0.2) is 30.3 Å². The first kappa shape index (κ1) is 13.3. The van der Waals surface area contributed by atoms with Gasteiger partial charge in [-0.1, -0.05) is 25.1 Å². The highest BCUT2D eigenvalue weighted by molar-refractivity contribution is 5.85. The van der Waals surface area contributed by atoms with E-state index in [-0.39, 0.29) is 5.91 Å². The number of carboxylic acids is 1. The number of benzene rings is 1. The van der Waals surface area contributed by atoms with Gasteiger partial charge in [-0.3, -0.25) is 4.79 Å². The molecule has 100 valence electrons. The van der Waals surface area contributed by atoms with Gasteiger partial charge in [-0.05, 0) is 29.2 Å². The van der Waals surface area contributed by atoms with E-state index in [4.69, 9.17) is 5.11 Å². The number of aliphatic carboxylic acids is 1. The van der Waals surface area contributed by atoms with Gasteiger partial charge in [0.25, 0.3) is 0 Å². The van der Waals surface area contributed by atoms with E-state index in [1.165, 1.54) is 0 Å². The fraction of sp³-hybridized carbons (Fsp3) is 0.333. The first-order chi connectivity index (χ1) is 9.04. The predicted octanol–water partition coefficient (Wildman–Crippen LogP) is 2.15. The third-order valence-electron chi connectivity index (χ3n) is 3.15. The number of carbonyl (C=O) groups excluding carboxylic acids is 1. The first-order valence-corrected chi connectivity index (χ1v) is 6.32. The normalized spacial score (nSPS) is 19.3. The number of amides is 1. The summed E-state index contributed by atoms with van der Waals surface area (Å²) in [5, 5.41) is 8.60. The lowest BCUT2D eigenvalue weighted by Crippen LogP contribution is -2.24. The lowest BCUT2D eigenvalue weighted by Gasteiger charge is -2.16. The van der Waals surface area contributed by atoms with Crippen LogP contribution in [0.5, 0.6) is 0 Å². The zero-order valence-electron chi connectivity index (χ0n) is 10.9. The predicted molar refractivity (Wildman–Crippen MR) is 72.3 cm³/mol. The molecule has 2 rings (SSSR count). The summed E-state index contributed by atoms with van der Waals surface area (Å²) in [6, 6.07) is 7.59. The molecular weight excluding hydrogens is 242 g/mol. The molecule has 1 aromatic carbocycles. The second-order valence-corrected chi connectivity index (χ2v) is 5.00. The second-order valence-electron chi connectivity index (χ2n) is 5.00. The lowest BCUT2D eigenvalue weighted by atomic mass is 10.1. The Morgan fingerprint density at radius 3 is 2.95 bits per heavy atom. The smallest absolute Gasteiger partial charge is 0.328 e. The third-order valence-corrected chi connectivity index (χ3v) is 3.15. The molecule has 4 heteroatoms. The number of carboxylic acid groups (broad SMARTS) is 1. The molecule has 1 aromatic rings. The van der Waals surface area contributed by atoms with Crippen LogP contribution in [0.25, 0.3) is 6.08 Å². The van der Waals surface area contributed by atoms with E-state index < -0.39 is 5.97 Å². The minimum absolute atomic E-state index is 0.194. The fourth-order valence-electron chi connectivity index (χ4n) is 2.31. The molecule has 1 atom stereocenters. The van der Waals surface area contributed by atoms with Crippen molar-refractivity contribution in [3.05, 3.63) is 41.5 Å². The van der Waals surface area contributed by atoms with E-state index in [9.17, 15) is 9.59 Å². The average Bonchev–Trinajstić information content (AvgIpc) is 2.66. The lowest BCUT2D eigenvalue weighted by molar-refractivity contribution is -0.131. The molecule has 1 unspecified atom stereocenters. The number of likely N-dealkylation sites (tertiary alicyclic amines) is 1. The molecule has 1 heterocycles. The molecule has 0 aliphatic carbocycles. The summed E-state index contributed by atoms with van der Waals surface area (Å²) in [5.74, 6) is -0.351. The molecule has 1 saturated heterocycles. The van der Waals surface area contributed by atoms with Gasteiger partial charge in [0.05, 0.1) is 0 Å². The maximum atomic E-state index is 11.7. The zero-order chi connectivity index (χ0) is 13.8. The molecule has 0 aromatic heterocycles. The molecule has 0 bridgehead atoms. The standard InChI is InChI=1S/C15H17NO3/c1-11-7-14(17)16(9-11)10-13-4-2-3-12(8-13)5-6-15(18)19/h2-6,8,11H,7,9-10H2,1H3,(H,18,19). The van der Waals surface area contributed by atoms with Gasteiger partial charge < -0.3 is 10.0 Å². The van der Waals surface area contributed by atoms with Gasteiger partial charge in [0.1, 0.15) is 0 Å². The van der Waals surface area contributed by atoms with E-state index in [2.05, 4.69) is 6.92 Å². The van der Waals surface area contributed by atoms with Crippen molar-refractivity contribution in [2.75, 3.05) is 6.54 Å². The van der Waals surface area contributed by atoms with Crippen molar-refractivity contribution in [2.24, 2.45) is 5.92 Å². The Bertz CT molecular complexity index is 522. The minimum Gasteiger partial charge on any atom is -0.478 e. The number of rotatable bonds is 4. The Morgan fingerprint density at radius 1 is 1.53 bits per heavy atom. The van der Waals surface area contributed by atoms with Gasteiger partial charge in [0, 0.05) is 25.6 Å². The molecule has 1 aliphatic heterocycles. The van der Waals surface area contributed by atoms with Crippen molar-refractivity contribution >= 4 is 18.0 Å². The molecule has 0 saturated carbocycles. The molecule has 19 heavy (non-hydrogen) atoms. The van der Waals surface area contributed by atoms with Crippen molar-refractivity contribution in [3.8, 4) is 0 Å².